The highest BCUT2D eigenvalue weighted by atomic mass is 16.5. The van der Waals surface area contributed by atoms with Crippen LogP contribution < -0.4 is 0 Å². The van der Waals surface area contributed by atoms with Gasteiger partial charge in [-0.3, -0.25) is 0 Å². The predicted octanol–water partition coefficient (Wildman–Crippen LogP) is 0.815. The largest absolute Gasteiger partial charge is 0.378 e. The minimum atomic E-state index is -0.155. The Morgan fingerprint density at radius 1 is 1.88 bits per heavy atom. The van der Waals surface area contributed by atoms with Crippen molar-refractivity contribution >= 4 is 6.29 Å². The van der Waals surface area contributed by atoms with E-state index in [1.165, 1.54) is 0 Å². The minimum Gasteiger partial charge on any atom is -0.378 e. The molecule has 0 spiro atoms. The standard InChI is InChI=1S/C6H11O2/c1-3-8-6(2)4-5-7/h5-6H,2-4H2,1H3. The molecule has 0 aromatic rings. The van der Waals surface area contributed by atoms with Crippen LogP contribution in [0.4, 0.5) is 0 Å². The summed E-state index contributed by atoms with van der Waals surface area (Å²) >= 11 is 0. The number of hydrogen-bond donors (Lipinski definition) is 0. The fourth-order valence-corrected chi connectivity index (χ4v) is 0.411. The number of ether oxygens (including phenoxy) is 1. The number of aldehydes is 1. The van der Waals surface area contributed by atoms with Crippen LogP contribution in [0.1, 0.15) is 13.3 Å². The third-order valence-electron chi connectivity index (χ3n) is 0.761. The van der Waals surface area contributed by atoms with E-state index in [2.05, 4.69) is 6.92 Å². The summed E-state index contributed by atoms with van der Waals surface area (Å²) in [7, 11) is 0. The average molecular weight is 115 g/mol. The Morgan fingerprint density at radius 2 is 2.50 bits per heavy atom. The molecule has 0 aliphatic rings. The number of hydrogen-bond acceptors (Lipinski definition) is 2. The molecular formula is C6H11O2. The van der Waals surface area contributed by atoms with Crippen molar-refractivity contribution < 1.29 is 9.53 Å². The highest BCUT2D eigenvalue weighted by Crippen LogP contribution is 1.91. The lowest BCUT2D eigenvalue weighted by Gasteiger charge is -2.04. The lowest BCUT2D eigenvalue weighted by Crippen LogP contribution is -2.07. The summed E-state index contributed by atoms with van der Waals surface area (Å²) in [5, 5.41) is 0. The summed E-state index contributed by atoms with van der Waals surface area (Å²) in [5.74, 6) is 0. The van der Waals surface area contributed by atoms with E-state index in [0.717, 1.165) is 6.29 Å². The lowest BCUT2D eigenvalue weighted by atomic mass is 10.3. The van der Waals surface area contributed by atoms with E-state index in [0.29, 0.717) is 13.0 Å². The summed E-state index contributed by atoms with van der Waals surface area (Å²) in [4.78, 5) is 9.77. The van der Waals surface area contributed by atoms with E-state index >= 15 is 0 Å². The first-order valence-electron chi connectivity index (χ1n) is 2.69. The fraction of sp³-hybridized carbons (Fsp3) is 0.667. The van der Waals surface area contributed by atoms with Crippen LogP contribution in [0.3, 0.4) is 0 Å². The molecule has 0 aliphatic heterocycles. The van der Waals surface area contributed by atoms with Gasteiger partial charge in [-0.1, -0.05) is 0 Å². The molecule has 8 heavy (non-hydrogen) atoms. The first kappa shape index (κ1) is 7.63. The van der Waals surface area contributed by atoms with Gasteiger partial charge in [0.05, 0.1) is 6.10 Å². The van der Waals surface area contributed by atoms with Crippen LogP contribution in [0.5, 0.6) is 0 Å². The van der Waals surface area contributed by atoms with Gasteiger partial charge in [-0.15, -0.1) is 0 Å². The molecule has 47 valence electrons. The highest BCUT2D eigenvalue weighted by Gasteiger charge is 1.96. The second kappa shape index (κ2) is 4.78. The minimum absolute atomic E-state index is 0.155. The summed E-state index contributed by atoms with van der Waals surface area (Å²) in [6.45, 7) is 6.07. The molecule has 2 nitrogen and oxygen atoms in total. The maximum Gasteiger partial charge on any atom is 0.122 e. The van der Waals surface area contributed by atoms with Gasteiger partial charge in [0, 0.05) is 13.0 Å². The third-order valence-corrected chi connectivity index (χ3v) is 0.761. The zero-order valence-corrected chi connectivity index (χ0v) is 5.09. The lowest BCUT2D eigenvalue weighted by molar-refractivity contribution is -0.109. The van der Waals surface area contributed by atoms with E-state index in [-0.39, 0.29) is 6.10 Å². The van der Waals surface area contributed by atoms with Gasteiger partial charge in [-0.2, -0.15) is 0 Å². The van der Waals surface area contributed by atoms with Crippen molar-refractivity contribution in [2.45, 2.75) is 19.4 Å². The van der Waals surface area contributed by atoms with Crippen LogP contribution >= 0.6 is 0 Å². The van der Waals surface area contributed by atoms with Crippen LogP contribution in [0, 0.1) is 6.92 Å². The Labute approximate surface area is 49.8 Å². The van der Waals surface area contributed by atoms with Crippen molar-refractivity contribution in [3.8, 4) is 0 Å². The molecular weight excluding hydrogens is 104 g/mol. The second-order valence-electron chi connectivity index (χ2n) is 1.48. The molecule has 1 radical (unpaired) electrons. The zero-order chi connectivity index (χ0) is 6.41. The highest BCUT2D eigenvalue weighted by molar-refractivity contribution is 5.50. The molecule has 0 heterocycles. The van der Waals surface area contributed by atoms with Crippen molar-refractivity contribution in [1.82, 2.24) is 0 Å². The van der Waals surface area contributed by atoms with Gasteiger partial charge < -0.3 is 9.53 Å². The molecule has 2 heteroatoms. The Bertz CT molecular complexity index is 61.5. The summed E-state index contributed by atoms with van der Waals surface area (Å²) in [5.41, 5.74) is 0. The number of carbonyl (C=O) groups excluding carboxylic acids is 1. The summed E-state index contributed by atoms with van der Waals surface area (Å²) in [6, 6.07) is 0. The number of carbonyl (C=O) groups is 1. The van der Waals surface area contributed by atoms with Gasteiger partial charge in [0.1, 0.15) is 6.29 Å². The van der Waals surface area contributed by atoms with E-state index < -0.39 is 0 Å². The van der Waals surface area contributed by atoms with E-state index in [9.17, 15) is 4.79 Å². The maximum absolute atomic E-state index is 9.77. The first-order valence-corrected chi connectivity index (χ1v) is 2.69. The van der Waals surface area contributed by atoms with Crippen molar-refractivity contribution in [3.63, 3.8) is 0 Å². The molecule has 0 amide bonds. The van der Waals surface area contributed by atoms with Crippen LogP contribution in [0.2, 0.25) is 0 Å². The Hall–Kier alpha value is -0.370. The SMILES string of the molecule is [CH2]C(CC=O)OCC. The molecule has 1 atom stereocenters. The zero-order valence-electron chi connectivity index (χ0n) is 5.09. The molecule has 0 saturated carbocycles. The van der Waals surface area contributed by atoms with Gasteiger partial charge >= 0.3 is 0 Å². The monoisotopic (exact) mass is 115 g/mol. The van der Waals surface area contributed by atoms with Gasteiger partial charge in [-0.05, 0) is 13.8 Å². The molecule has 0 aromatic heterocycles. The molecule has 0 saturated heterocycles. The van der Waals surface area contributed by atoms with Crippen molar-refractivity contribution in [3.05, 3.63) is 6.92 Å². The van der Waals surface area contributed by atoms with E-state index in [1.807, 2.05) is 6.92 Å². The Balaban J connectivity index is 3.03. The molecule has 0 aromatic carbocycles. The molecule has 0 fully saturated rings. The molecule has 0 rings (SSSR count). The summed E-state index contributed by atoms with van der Waals surface area (Å²) < 4.78 is 4.94. The van der Waals surface area contributed by atoms with Gasteiger partial charge in [0.25, 0.3) is 0 Å². The van der Waals surface area contributed by atoms with Crippen LogP contribution in [0.25, 0.3) is 0 Å². The quantitative estimate of drug-likeness (QED) is 0.507. The van der Waals surface area contributed by atoms with E-state index in [4.69, 9.17) is 4.74 Å². The van der Waals surface area contributed by atoms with E-state index in [1.54, 1.807) is 0 Å². The Kier molecular flexibility index (Phi) is 4.56. The normalized spacial score (nSPS) is 13.2. The van der Waals surface area contributed by atoms with Crippen LogP contribution in [0.15, 0.2) is 0 Å². The van der Waals surface area contributed by atoms with Gasteiger partial charge in [0.2, 0.25) is 0 Å². The first-order chi connectivity index (χ1) is 3.81. The fourth-order valence-electron chi connectivity index (χ4n) is 0.411. The Morgan fingerprint density at radius 3 is 2.88 bits per heavy atom. The molecule has 0 N–H and O–H groups in total. The molecule has 0 aliphatic carbocycles. The van der Waals surface area contributed by atoms with Gasteiger partial charge in [0.15, 0.2) is 0 Å². The maximum atomic E-state index is 9.77. The molecule has 0 bridgehead atoms. The second-order valence-corrected chi connectivity index (χ2v) is 1.48. The van der Waals surface area contributed by atoms with Crippen molar-refractivity contribution in [2.24, 2.45) is 0 Å². The summed E-state index contributed by atoms with van der Waals surface area (Å²) in [6.07, 6.45) is 1.05. The third kappa shape index (κ3) is 3.81. The van der Waals surface area contributed by atoms with Crippen LogP contribution in [-0.4, -0.2) is 19.0 Å². The topological polar surface area (TPSA) is 26.3 Å². The number of rotatable bonds is 4. The smallest absolute Gasteiger partial charge is 0.122 e. The van der Waals surface area contributed by atoms with Crippen LogP contribution in [-0.2, 0) is 9.53 Å². The van der Waals surface area contributed by atoms with Gasteiger partial charge in [-0.25, -0.2) is 0 Å². The van der Waals surface area contributed by atoms with Crippen molar-refractivity contribution in [1.29, 1.82) is 0 Å². The molecule has 1 unspecified atom stereocenters. The average Bonchev–Trinajstić information content (AvgIpc) is 1.68. The predicted molar refractivity (Wildman–Crippen MR) is 31.5 cm³/mol. The van der Waals surface area contributed by atoms with Crippen molar-refractivity contribution in [2.75, 3.05) is 6.61 Å².